The van der Waals surface area contributed by atoms with Crippen LogP contribution in [0.25, 0.3) is 0 Å². The SMILES string of the molecule is N[C@@H](CC(=O)NC(CN1CCC(F)(F)C1)c1ccccc1)Cc1cc(F)c(F)cc1F. The van der Waals surface area contributed by atoms with Crippen LogP contribution in [0.4, 0.5) is 22.0 Å². The van der Waals surface area contributed by atoms with E-state index in [1.165, 1.54) is 0 Å². The smallest absolute Gasteiger partial charge is 0.261 e. The molecule has 0 aliphatic carbocycles. The average Bonchev–Trinajstić information content (AvgIpc) is 3.04. The zero-order valence-electron chi connectivity index (χ0n) is 16.8. The van der Waals surface area contributed by atoms with Crippen molar-refractivity contribution in [3.05, 3.63) is 71.0 Å². The predicted molar refractivity (Wildman–Crippen MR) is 106 cm³/mol. The zero-order chi connectivity index (χ0) is 22.6. The molecule has 0 radical (unpaired) electrons. The quantitative estimate of drug-likeness (QED) is 0.487. The van der Waals surface area contributed by atoms with Crippen molar-refractivity contribution >= 4 is 5.91 Å². The molecule has 1 aliphatic rings. The number of halogens is 5. The summed E-state index contributed by atoms with van der Waals surface area (Å²) >= 11 is 0. The third-order valence-electron chi connectivity index (χ3n) is 5.25. The van der Waals surface area contributed by atoms with Crippen molar-refractivity contribution < 1.29 is 26.7 Å². The van der Waals surface area contributed by atoms with Gasteiger partial charge in [-0.2, -0.15) is 0 Å². The van der Waals surface area contributed by atoms with E-state index in [-0.39, 0.29) is 44.5 Å². The number of amides is 1. The van der Waals surface area contributed by atoms with Gasteiger partial charge < -0.3 is 11.1 Å². The van der Waals surface area contributed by atoms with Crippen LogP contribution in [-0.2, 0) is 11.2 Å². The van der Waals surface area contributed by atoms with Gasteiger partial charge in [-0.1, -0.05) is 30.3 Å². The molecule has 1 aliphatic heterocycles. The maximum Gasteiger partial charge on any atom is 0.261 e. The van der Waals surface area contributed by atoms with E-state index in [1.54, 1.807) is 35.2 Å². The second kappa shape index (κ2) is 9.74. The summed E-state index contributed by atoms with van der Waals surface area (Å²) in [5, 5.41) is 2.81. The Balaban J connectivity index is 1.62. The summed E-state index contributed by atoms with van der Waals surface area (Å²) < 4.78 is 67.3. The molecule has 3 rings (SSSR count). The van der Waals surface area contributed by atoms with Gasteiger partial charge in [-0.15, -0.1) is 0 Å². The van der Waals surface area contributed by atoms with Crippen LogP contribution in [-0.4, -0.2) is 42.4 Å². The lowest BCUT2D eigenvalue weighted by Crippen LogP contribution is -2.40. The van der Waals surface area contributed by atoms with Crippen molar-refractivity contribution in [3.8, 4) is 0 Å². The third-order valence-corrected chi connectivity index (χ3v) is 5.25. The van der Waals surface area contributed by atoms with E-state index in [0.29, 0.717) is 6.07 Å². The second-order valence-electron chi connectivity index (χ2n) is 7.90. The van der Waals surface area contributed by atoms with Crippen LogP contribution >= 0.6 is 0 Å². The summed E-state index contributed by atoms with van der Waals surface area (Å²) in [5.41, 5.74) is 6.55. The normalized spacial score (nSPS) is 18.0. The molecule has 2 atom stereocenters. The molecule has 1 unspecified atom stereocenters. The molecular formula is C22H24F5N3O. The highest BCUT2D eigenvalue weighted by atomic mass is 19.3. The lowest BCUT2D eigenvalue weighted by atomic mass is 10.0. The molecule has 0 bridgehead atoms. The molecule has 1 heterocycles. The molecule has 9 heteroatoms. The maximum atomic E-state index is 13.8. The highest BCUT2D eigenvalue weighted by molar-refractivity contribution is 5.77. The van der Waals surface area contributed by atoms with Gasteiger partial charge in [0.05, 0.1) is 12.6 Å². The van der Waals surface area contributed by atoms with Crippen LogP contribution in [0.15, 0.2) is 42.5 Å². The minimum Gasteiger partial charge on any atom is -0.348 e. The summed E-state index contributed by atoms with van der Waals surface area (Å²) in [4.78, 5) is 14.1. The van der Waals surface area contributed by atoms with E-state index in [4.69, 9.17) is 5.73 Å². The Morgan fingerprint density at radius 2 is 1.77 bits per heavy atom. The Morgan fingerprint density at radius 3 is 2.42 bits per heavy atom. The van der Waals surface area contributed by atoms with E-state index >= 15 is 0 Å². The second-order valence-corrected chi connectivity index (χ2v) is 7.90. The van der Waals surface area contributed by atoms with E-state index in [1.807, 2.05) is 0 Å². The van der Waals surface area contributed by atoms with Gasteiger partial charge in [-0.25, -0.2) is 22.0 Å². The van der Waals surface area contributed by atoms with Crippen LogP contribution in [0.2, 0.25) is 0 Å². The maximum absolute atomic E-state index is 13.8. The van der Waals surface area contributed by atoms with Gasteiger partial charge in [0.2, 0.25) is 5.91 Å². The molecular weight excluding hydrogens is 417 g/mol. The number of hydrogen-bond acceptors (Lipinski definition) is 3. The minimum atomic E-state index is -2.75. The molecule has 0 spiro atoms. The topological polar surface area (TPSA) is 58.4 Å². The van der Waals surface area contributed by atoms with Gasteiger partial charge in [0.15, 0.2) is 11.6 Å². The van der Waals surface area contributed by atoms with Crippen molar-refractivity contribution in [1.82, 2.24) is 10.2 Å². The Kier molecular flexibility index (Phi) is 7.27. The van der Waals surface area contributed by atoms with E-state index in [2.05, 4.69) is 5.32 Å². The van der Waals surface area contributed by atoms with Crippen molar-refractivity contribution in [2.45, 2.75) is 37.3 Å². The van der Waals surface area contributed by atoms with E-state index in [0.717, 1.165) is 11.6 Å². The van der Waals surface area contributed by atoms with Crippen LogP contribution in [0.1, 0.15) is 30.0 Å². The number of nitrogens with zero attached hydrogens (tertiary/aromatic N) is 1. The highest BCUT2D eigenvalue weighted by Crippen LogP contribution is 2.28. The summed E-state index contributed by atoms with van der Waals surface area (Å²) in [7, 11) is 0. The lowest BCUT2D eigenvalue weighted by molar-refractivity contribution is -0.122. The fourth-order valence-electron chi connectivity index (χ4n) is 3.71. The van der Waals surface area contributed by atoms with Crippen molar-refractivity contribution in [3.63, 3.8) is 0 Å². The van der Waals surface area contributed by atoms with Crippen LogP contribution < -0.4 is 11.1 Å². The third kappa shape index (κ3) is 6.48. The van der Waals surface area contributed by atoms with Crippen molar-refractivity contribution in [2.75, 3.05) is 19.6 Å². The first-order valence-corrected chi connectivity index (χ1v) is 9.96. The number of hydrogen-bond donors (Lipinski definition) is 2. The standard InChI is InChI=1S/C22H24F5N3O/c23-17-11-19(25)18(24)9-15(17)8-16(28)10-21(31)29-20(14-4-2-1-3-5-14)12-30-7-6-22(26,27)13-30/h1-5,9,11,16,20H,6-8,10,12-13,28H2,(H,29,31)/t16-,20?/m1/s1. The molecule has 1 fully saturated rings. The first-order valence-electron chi connectivity index (χ1n) is 9.96. The van der Waals surface area contributed by atoms with Gasteiger partial charge >= 0.3 is 0 Å². The Labute approximate surface area is 177 Å². The van der Waals surface area contributed by atoms with Gasteiger partial charge in [0, 0.05) is 38.0 Å². The first-order chi connectivity index (χ1) is 14.6. The van der Waals surface area contributed by atoms with Gasteiger partial charge in [0.1, 0.15) is 5.82 Å². The Morgan fingerprint density at radius 1 is 1.10 bits per heavy atom. The van der Waals surface area contributed by atoms with Gasteiger partial charge in [-0.05, 0) is 23.6 Å². The van der Waals surface area contributed by atoms with Crippen LogP contribution in [0, 0.1) is 17.5 Å². The van der Waals surface area contributed by atoms with Gasteiger partial charge in [0.25, 0.3) is 5.92 Å². The molecule has 1 amide bonds. The highest BCUT2D eigenvalue weighted by Gasteiger charge is 2.39. The molecule has 1 saturated heterocycles. The van der Waals surface area contributed by atoms with Crippen LogP contribution in [0.5, 0.6) is 0 Å². The molecule has 0 saturated carbocycles. The molecule has 2 aromatic carbocycles. The Hall–Kier alpha value is -2.52. The van der Waals surface area contributed by atoms with E-state index in [9.17, 15) is 26.7 Å². The van der Waals surface area contributed by atoms with Crippen molar-refractivity contribution in [1.29, 1.82) is 0 Å². The lowest BCUT2D eigenvalue weighted by Gasteiger charge is -2.25. The predicted octanol–water partition coefficient (Wildman–Crippen LogP) is 3.56. The Bertz CT molecular complexity index is 910. The largest absolute Gasteiger partial charge is 0.348 e. The fourth-order valence-corrected chi connectivity index (χ4v) is 3.71. The van der Waals surface area contributed by atoms with Crippen LogP contribution in [0.3, 0.4) is 0 Å². The summed E-state index contributed by atoms with van der Waals surface area (Å²) in [6.07, 6.45) is -0.587. The number of carbonyl (C=O) groups excluding carboxylic acids is 1. The number of benzene rings is 2. The van der Waals surface area contributed by atoms with Gasteiger partial charge in [-0.3, -0.25) is 9.69 Å². The summed E-state index contributed by atoms with van der Waals surface area (Å²) in [6.45, 7) is 0.0562. The molecule has 3 N–H and O–H groups in total. The average molecular weight is 441 g/mol. The van der Waals surface area contributed by atoms with E-state index < -0.39 is 41.4 Å². The number of nitrogens with two attached hydrogens (primary N) is 1. The minimum absolute atomic E-state index is 0.127. The number of nitrogens with one attached hydrogen (secondary N) is 1. The fraction of sp³-hybridized carbons (Fsp3) is 0.409. The number of alkyl halides is 2. The number of likely N-dealkylation sites (tertiary alicyclic amines) is 1. The molecule has 2 aromatic rings. The van der Waals surface area contributed by atoms with Crippen molar-refractivity contribution in [2.24, 2.45) is 5.73 Å². The summed E-state index contributed by atoms with van der Waals surface area (Å²) in [5.74, 6) is -6.63. The molecule has 4 nitrogen and oxygen atoms in total. The number of rotatable bonds is 8. The first kappa shape index (κ1) is 23.1. The summed E-state index contributed by atoms with van der Waals surface area (Å²) in [6, 6.07) is 8.73. The molecule has 31 heavy (non-hydrogen) atoms. The zero-order valence-corrected chi connectivity index (χ0v) is 16.8. The number of carbonyl (C=O) groups is 1. The molecule has 0 aromatic heterocycles. The monoisotopic (exact) mass is 441 g/mol. The molecule has 168 valence electrons.